The van der Waals surface area contributed by atoms with Gasteiger partial charge >= 0.3 is 5.97 Å². The molecule has 2 rings (SSSR count). The van der Waals surface area contributed by atoms with E-state index in [1.54, 1.807) is 49.1 Å². The van der Waals surface area contributed by atoms with Crippen LogP contribution in [0.4, 0.5) is 5.69 Å². The molecule has 0 unspecified atom stereocenters. The monoisotopic (exact) mass is 273 g/mol. The molecule has 104 valence electrons. The molecule has 0 bridgehead atoms. The van der Waals surface area contributed by atoms with Crippen LogP contribution in [0, 0.1) is 6.92 Å². The van der Waals surface area contributed by atoms with Crippen molar-refractivity contribution in [3.05, 3.63) is 47.3 Å². The quantitative estimate of drug-likeness (QED) is 0.886. The first-order valence-electron chi connectivity index (χ1n) is 6.08. The fraction of sp³-hybridized carbons (Fsp3) is 0.214. The van der Waals surface area contributed by atoms with E-state index in [1.807, 2.05) is 0 Å². The summed E-state index contributed by atoms with van der Waals surface area (Å²) in [6.45, 7) is 1.76. The van der Waals surface area contributed by atoms with Gasteiger partial charge in [-0.2, -0.15) is 5.10 Å². The summed E-state index contributed by atoms with van der Waals surface area (Å²) in [5.74, 6) is -1.17. The maximum Gasteiger partial charge on any atom is 0.307 e. The summed E-state index contributed by atoms with van der Waals surface area (Å²) < 4.78 is 1.57. The summed E-state index contributed by atoms with van der Waals surface area (Å²) in [7, 11) is 1.75. The van der Waals surface area contributed by atoms with E-state index in [1.165, 1.54) is 0 Å². The van der Waals surface area contributed by atoms with Crippen molar-refractivity contribution in [2.45, 2.75) is 13.3 Å². The predicted octanol–water partition coefficient (Wildman–Crippen LogP) is 1.61. The topological polar surface area (TPSA) is 84.2 Å². The van der Waals surface area contributed by atoms with Crippen LogP contribution in [0.5, 0.6) is 0 Å². The van der Waals surface area contributed by atoms with Crippen molar-refractivity contribution in [3.63, 3.8) is 0 Å². The number of carboxylic acid groups (broad SMARTS) is 1. The number of aromatic nitrogens is 2. The zero-order chi connectivity index (χ0) is 14.7. The van der Waals surface area contributed by atoms with E-state index in [4.69, 9.17) is 5.11 Å². The van der Waals surface area contributed by atoms with Crippen LogP contribution >= 0.6 is 0 Å². The molecular formula is C14H15N3O3. The first-order chi connectivity index (χ1) is 9.45. The van der Waals surface area contributed by atoms with Crippen molar-refractivity contribution in [1.82, 2.24) is 9.78 Å². The van der Waals surface area contributed by atoms with Crippen LogP contribution in [0.2, 0.25) is 0 Å². The molecule has 1 amide bonds. The van der Waals surface area contributed by atoms with Crippen LogP contribution in [-0.2, 0) is 18.3 Å². The summed E-state index contributed by atoms with van der Waals surface area (Å²) >= 11 is 0. The van der Waals surface area contributed by atoms with Gasteiger partial charge in [-0.15, -0.1) is 0 Å². The van der Waals surface area contributed by atoms with Crippen LogP contribution in [0.25, 0.3) is 0 Å². The average molecular weight is 273 g/mol. The fourth-order valence-electron chi connectivity index (χ4n) is 1.95. The van der Waals surface area contributed by atoms with Crippen molar-refractivity contribution in [2.24, 2.45) is 7.05 Å². The van der Waals surface area contributed by atoms with Crippen molar-refractivity contribution in [1.29, 1.82) is 0 Å². The third kappa shape index (κ3) is 3.23. The zero-order valence-electron chi connectivity index (χ0n) is 11.3. The third-order valence-corrected chi connectivity index (χ3v) is 2.80. The van der Waals surface area contributed by atoms with Crippen molar-refractivity contribution < 1.29 is 14.7 Å². The molecule has 1 heterocycles. The SMILES string of the molecule is Cc1nn(C)cc1C(=O)Nc1cccc(CC(=O)O)c1. The van der Waals surface area contributed by atoms with E-state index in [0.29, 0.717) is 22.5 Å². The number of anilines is 1. The highest BCUT2D eigenvalue weighted by molar-refractivity contribution is 6.04. The van der Waals surface area contributed by atoms with Gasteiger partial charge in [0.2, 0.25) is 0 Å². The van der Waals surface area contributed by atoms with Gasteiger partial charge in [-0.05, 0) is 24.6 Å². The second-order valence-electron chi connectivity index (χ2n) is 4.53. The lowest BCUT2D eigenvalue weighted by molar-refractivity contribution is -0.136. The number of aliphatic carboxylic acids is 1. The molecule has 0 aliphatic rings. The van der Waals surface area contributed by atoms with E-state index < -0.39 is 5.97 Å². The first kappa shape index (κ1) is 13.8. The molecule has 0 fully saturated rings. The average Bonchev–Trinajstić information content (AvgIpc) is 2.68. The van der Waals surface area contributed by atoms with Gasteiger partial charge in [0.05, 0.1) is 17.7 Å². The number of amides is 1. The third-order valence-electron chi connectivity index (χ3n) is 2.80. The Bertz CT molecular complexity index is 661. The van der Waals surface area contributed by atoms with E-state index in [0.717, 1.165) is 0 Å². The number of rotatable bonds is 4. The molecule has 0 radical (unpaired) electrons. The predicted molar refractivity (Wildman–Crippen MR) is 73.7 cm³/mol. The summed E-state index contributed by atoms with van der Waals surface area (Å²) in [6.07, 6.45) is 1.57. The van der Waals surface area contributed by atoms with Crippen LogP contribution in [-0.4, -0.2) is 26.8 Å². The van der Waals surface area contributed by atoms with Gasteiger partial charge in [0.15, 0.2) is 0 Å². The largest absolute Gasteiger partial charge is 0.481 e. The normalized spacial score (nSPS) is 10.3. The number of benzene rings is 1. The molecule has 0 aliphatic carbocycles. The second kappa shape index (κ2) is 5.56. The van der Waals surface area contributed by atoms with Crippen LogP contribution in [0.15, 0.2) is 30.5 Å². The fourth-order valence-corrected chi connectivity index (χ4v) is 1.95. The maximum atomic E-state index is 12.1. The summed E-state index contributed by atoms with van der Waals surface area (Å²) in [6, 6.07) is 6.79. The highest BCUT2D eigenvalue weighted by Crippen LogP contribution is 2.14. The van der Waals surface area contributed by atoms with Crippen LogP contribution in [0.3, 0.4) is 0 Å². The van der Waals surface area contributed by atoms with Gasteiger partial charge < -0.3 is 10.4 Å². The summed E-state index contributed by atoms with van der Waals surface area (Å²) in [5, 5.41) is 15.6. The van der Waals surface area contributed by atoms with E-state index in [2.05, 4.69) is 10.4 Å². The Hall–Kier alpha value is -2.63. The minimum absolute atomic E-state index is 0.0738. The first-order valence-corrected chi connectivity index (χ1v) is 6.08. The minimum atomic E-state index is -0.906. The highest BCUT2D eigenvalue weighted by atomic mass is 16.4. The lowest BCUT2D eigenvalue weighted by atomic mass is 10.1. The zero-order valence-corrected chi connectivity index (χ0v) is 11.3. The molecule has 20 heavy (non-hydrogen) atoms. The number of nitrogens with zero attached hydrogens (tertiary/aromatic N) is 2. The Morgan fingerprint density at radius 1 is 1.40 bits per heavy atom. The lowest BCUT2D eigenvalue weighted by Crippen LogP contribution is -2.12. The molecule has 0 saturated heterocycles. The molecule has 2 aromatic rings. The van der Waals surface area contributed by atoms with E-state index >= 15 is 0 Å². The lowest BCUT2D eigenvalue weighted by Gasteiger charge is -2.06. The van der Waals surface area contributed by atoms with E-state index in [9.17, 15) is 9.59 Å². The molecule has 0 spiro atoms. The Balaban J connectivity index is 2.15. The standard InChI is InChI=1S/C14H15N3O3/c1-9-12(8-17(2)16-9)14(20)15-11-5-3-4-10(6-11)7-13(18)19/h3-6,8H,7H2,1-2H3,(H,15,20)(H,18,19). The number of carbonyl (C=O) groups is 2. The molecule has 6 nitrogen and oxygen atoms in total. The van der Waals surface area contributed by atoms with Gasteiger partial charge in [0.25, 0.3) is 5.91 Å². The Morgan fingerprint density at radius 3 is 2.75 bits per heavy atom. The van der Waals surface area contributed by atoms with Gasteiger partial charge in [0, 0.05) is 18.9 Å². The van der Waals surface area contributed by atoms with Crippen molar-refractivity contribution >= 4 is 17.6 Å². The number of hydrogen-bond acceptors (Lipinski definition) is 3. The highest BCUT2D eigenvalue weighted by Gasteiger charge is 2.12. The summed E-state index contributed by atoms with van der Waals surface area (Å²) in [4.78, 5) is 22.8. The molecule has 2 N–H and O–H groups in total. The van der Waals surface area contributed by atoms with Crippen LogP contribution in [0.1, 0.15) is 21.6 Å². The Labute approximate surface area is 116 Å². The second-order valence-corrected chi connectivity index (χ2v) is 4.53. The summed E-state index contributed by atoms with van der Waals surface area (Å²) in [5.41, 5.74) is 2.35. The molecule has 0 saturated carbocycles. The number of carbonyl (C=O) groups excluding carboxylic acids is 1. The Morgan fingerprint density at radius 2 is 2.15 bits per heavy atom. The smallest absolute Gasteiger partial charge is 0.307 e. The number of carboxylic acids is 1. The van der Waals surface area contributed by atoms with Gasteiger partial charge in [-0.1, -0.05) is 12.1 Å². The molecule has 1 aromatic carbocycles. The molecule has 1 aromatic heterocycles. The van der Waals surface area contributed by atoms with Crippen molar-refractivity contribution in [2.75, 3.05) is 5.32 Å². The number of hydrogen-bond donors (Lipinski definition) is 2. The molecular weight excluding hydrogens is 258 g/mol. The van der Waals surface area contributed by atoms with Crippen molar-refractivity contribution in [3.8, 4) is 0 Å². The minimum Gasteiger partial charge on any atom is -0.481 e. The van der Waals surface area contributed by atoms with Gasteiger partial charge in [0.1, 0.15) is 0 Å². The number of nitrogens with one attached hydrogen (secondary N) is 1. The van der Waals surface area contributed by atoms with E-state index in [-0.39, 0.29) is 12.3 Å². The molecule has 6 heteroatoms. The Kier molecular flexibility index (Phi) is 3.84. The van der Waals surface area contributed by atoms with Gasteiger partial charge in [-0.25, -0.2) is 0 Å². The van der Waals surface area contributed by atoms with Gasteiger partial charge in [-0.3, -0.25) is 14.3 Å². The maximum absolute atomic E-state index is 12.1. The molecule has 0 aliphatic heterocycles. The van der Waals surface area contributed by atoms with Crippen LogP contribution < -0.4 is 5.32 Å². The number of aryl methyl sites for hydroxylation is 2. The molecule has 0 atom stereocenters.